The minimum atomic E-state index is -0.288. The maximum absolute atomic E-state index is 12.4. The number of nitrogens with zero attached hydrogens (tertiary/aromatic N) is 1. The lowest BCUT2D eigenvalue weighted by atomic mass is 10.1. The van der Waals surface area contributed by atoms with Crippen LogP contribution in [0, 0.1) is 0 Å². The summed E-state index contributed by atoms with van der Waals surface area (Å²) in [6.07, 6.45) is 2.47. The number of carbonyl (C=O) groups is 1. The fourth-order valence-corrected chi connectivity index (χ4v) is 3.05. The van der Waals surface area contributed by atoms with Crippen molar-refractivity contribution in [3.8, 4) is 17.2 Å². The molecule has 7 nitrogen and oxygen atoms in total. The molecule has 4 rings (SSSR count). The second-order valence-corrected chi connectivity index (χ2v) is 6.44. The lowest BCUT2D eigenvalue weighted by Crippen LogP contribution is -2.14. The highest BCUT2D eigenvalue weighted by atomic mass is 16.7. The fourth-order valence-electron chi connectivity index (χ4n) is 3.05. The summed E-state index contributed by atoms with van der Waals surface area (Å²) in [5.74, 6) is 1.88. The van der Waals surface area contributed by atoms with E-state index in [1.54, 1.807) is 37.6 Å². The summed E-state index contributed by atoms with van der Waals surface area (Å²) >= 11 is 0. The molecule has 29 heavy (non-hydrogen) atoms. The number of ether oxygens (including phenoxy) is 3. The highest BCUT2D eigenvalue weighted by Crippen LogP contribution is 2.34. The zero-order valence-electron chi connectivity index (χ0n) is 16.0. The highest BCUT2D eigenvalue weighted by molar-refractivity contribution is 6.03. The molecule has 0 bridgehead atoms. The number of hydrogen-bond acceptors (Lipinski definition) is 6. The van der Waals surface area contributed by atoms with Crippen LogP contribution in [0.3, 0.4) is 0 Å². The third-order valence-electron chi connectivity index (χ3n) is 4.54. The van der Waals surface area contributed by atoms with Crippen molar-refractivity contribution in [3.63, 3.8) is 0 Å². The van der Waals surface area contributed by atoms with Crippen molar-refractivity contribution in [2.75, 3.05) is 31.1 Å². The minimum absolute atomic E-state index is 0.194. The van der Waals surface area contributed by atoms with Crippen LogP contribution in [0.2, 0.25) is 0 Å². The number of amides is 1. The van der Waals surface area contributed by atoms with E-state index >= 15 is 0 Å². The van der Waals surface area contributed by atoms with Crippen LogP contribution in [0.1, 0.15) is 16.1 Å². The maximum Gasteiger partial charge on any atom is 0.274 e. The van der Waals surface area contributed by atoms with Crippen molar-refractivity contribution in [3.05, 3.63) is 72.1 Å². The van der Waals surface area contributed by atoms with Gasteiger partial charge in [-0.1, -0.05) is 18.2 Å². The van der Waals surface area contributed by atoms with Crippen LogP contribution in [-0.4, -0.2) is 31.3 Å². The summed E-state index contributed by atoms with van der Waals surface area (Å²) in [7, 11) is 1.67. The van der Waals surface area contributed by atoms with Crippen molar-refractivity contribution < 1.29 is 19.0 Å². The predicted octanol–water partition coefficient (Wildman–Crippen LogP) is 3.73. The number of fused-ring (bicyclic) bond motifs is 1. The number of hydrogen-bond donors (Lipinski definition) is 2. The summed E-state index contributed by atoms with van der Waals surface area (Å²) in [4.78, 5) is 16.7. The van der Waals surface area contributed by atoms with Crippen LogP contribution in [0.15, 0.2) is 60.8 Å². The van der Waals surface area contributed by atoms with Gasteiger partial charge < -0.3 is 24.8 Å². The SMILES string of the molecule is COc1ccccc1CCNc1ccc(C(=O)Nc2ccc3c(c2)OCO3)nc1. The van der Waals surface area contributed by atoms with E-state index in [9.17, 15) is 4.79 Å². The molecule has 1 aromatic heterocycles. The quantitative estimate of drug-likeness (QED) is 0.639. The molecule has 3 aromatic rings. The van der Waals surface area contributed by atoms with Gasteiger partial charge in [-0.25, -0.2) is 4.98 Å². The first-order valence-electron chi connectivity index (χ1n) is 9.26. The molecule has 0 radical (unpaired) electrons. The number of anilines is 2. The van der Waals surface area contributed by atoms with E-state index in [0.717, 1.165) is 30.0 Å². The smallest absolute Gasteiger partial charge is 0.274 e. The van der Waals surface area contributed by atoms with Gasteiger partial charge >= 0.3 is 0 Å². The van der Waals surface area contributed by atoms with Crippen molar-refractivity contribution >= 4 is 17.3 Å². The van der Waals surface area contributed by atoms with Crippen molar-refractivity contribution in [1.29, 1.82) is 0 Å². The Morgan fingerprint density at radius 2 is 1.90 bits per heavy atom. The van der Waals surface area contributed by atoms with Gasteiger partial charge in [-0.05, 0) is 42.3 Å². The number of aromatic nitrogens is 1. The Bertz CT molecular complexity index is 1010. The zero-order valence-corrected chi connectivity index (χ0v) is 16.0. The van der Waals surface area contributed by atoms with Gasteiger partial charge in [0.2, 0.25) is 6.79 Å². The summed E-state index contributed by atoms with van der Waals surface area (Å²) in [5, 5.41) is 6.12. The summed E-state index contributed by atoms with van der Waals surface area (Å²) in [6, 6.07) is 16.7. The van der Waals surface area contributed by atoms with E-state index in [-0.39, 0.29) is 12.7 Å². The van der Waals surface area contributed by atoms with E-state index in [4.69, 9.17) is 14.2 Å². The molecule has 2 aromatic carbocycles. The Hall–Kier alpha value is -3.74. The molecule has 148 valence electrons. The Morgan fingerprint density at radius 3 is 2.72 bits per heavy atom. The lowest BCUT2D eigenvalue weighted by Gasteiger charge is -2.10. The second kappa shape index (κ2) is 8.52. The van der Waals surface area contributed by atoms with Gasteiger partial charge in [0.25, 0.3) is 5.91 Å². The highest BCUT2D eigenvalue weighted by Gasteiger charge is 2.15. The second-order valence-electron chi connectivity index (χ2n) is 6.44. The summed E-state index contributed by atoms with van der Waals surface area (Å²) in [6.45, 7) is 0.921. The summed E-state index contributed by atoms with van der Waals surface area (Å²) < 4.78 is 16.0. The number of para-hydroxylation sites is 1. The standard InChI is InChI=1S/C22H21N3O4/c1-27-19-5-3-2-4-15(19)10-11-23-17-6-8-18(24-13-17)22(26)25-16-7-9-20-21(12-16)29-14-28-20/h2-9,12-13,23H,10-11,14H2,1H3,(H,25,26). The monoisotopic (exact) mass is 391 g/mol. The van der Waals surface area contributed by atoms with Crippen LogP contribution in [0.5, 0.6) is 17.2 Å². The van der Waals surface area contributed by atoms with Gasteiger partial charge in [-0.15, -0.1) is 0 Å². The molecule has 0 saturated carbocycles. The van der Waals surface area contributed by atoms with Crippen LogP contribution in [0.4, 0.5) is 11.4 Å². The normalized spacial score (nSPS) is 11.8. The molecule has 1 amide bonds. The van der Waals surface area contributed by atoms with Crippen LogP contribution < -0.4 is 24.8 Å². The molecule has 0 saturated heterocycles. The predicted molar refractivity (Wildman–Crippen MR) is 110 cm³/mol. The molecule has 0 fully saturated rings. The topological polar surface area (TPSA) is 81.7 Å². The fraction of sp³-hybridized carbons (Fsp3) is 0.182. The first kappa shape index (κ1) is 18.6. The Morgan fingerprint density at radius 1 is 1.07 bits per heavy atom. The van der Waals surface area contributed by atoms with Crippen LogP contribution in [0.25, 0.3) is 0 Å². The van der Waals surface area contributed by atoms with Crippen LogP contribution >= 0.6 is 0 Å². The molecule has 0 aliphatic carbocycles. The Kier molecular flexibility index (Phi) is 5.47. The van der Waals surface area contributed by atoms with E-state index in [1.165, 1.54) is 0 Å². The first-order chi connectivity index (χ1) is 14.2. The van der Waals surface area contributed by atoms with Gasteiger partial charge in [0.15, 0.2) is 11.5 Å². The average molecular weight is 391 g/mol. The molecule has 2 heterocycles. The van der Waals surface area contributed by atoms with E-state index in [0.29, 0.717) is 22.9 Å². The number of methoxy groups -OCH3 is 1. The van der Waals surface area contributed by atoms with Crippen molar-refractivity contribution in [2.45, 2.75) is 6.42 Å². The third-order valence-corrected chi connectivity index (χ3v) is 4.54. The van der Waals surface area contributed by atoms with E-state index in [1.807, 2.05) is 30.3 Å². The van der Waals surface area contributed by atoms with E-state index in [2.05, 4.69) is 15.6 Å². The molecule has 7 heteroatoms. The molecule has 0 unspecified atom stereocenters. The molecule has 1 aliphatic heterocycles. The van der Waals surface area contributed by atoms with Crippen molar-refractivity contribution in [2.24, 2.45) is 0 Å². The number of pyridine rings is 1. The maximum atomic E-state index is 12.4. The van der Waals surface area contributed by atoms with Gasteiger partial charge in [-0.2, -0.15) is 0 Å². The van der Waals surface area contributed by atoms with Crippen molar-refractivity contribution in [1.82, 2.24) is 4.98 Å². The molecular formula is C22H21N3O4. The minimum Gasteiger partial charge on any atom is -0.496 e. The molecule has 2 N–H and O–H groups in total. The largest absolute Gasteiger partial charge is 0.496 e. The molecule has 0 spiro atoms. The van der Waals surface area contributed by atoms with Gasteiger partial charge in [-0.3, -0.25) is 4.79 Å². The molecular weight excluding hydrogens is 370 g/mol. The first-order valence-corrected chi connectivity index (χ1v) is 9.26. The number of carbonyl (C=O) groups excluding carboxylic acids is 1. The van der Waals surface area contributed by atoms with Gasteiger partial charge in [0, 0.05) is 18.3 Å². The van der Waals surface area contributed by atoms with Crippen LogP contribution in [-0.2, 0) is 6.42 Å². The summed E-state index contributed by atoms with van der Waals surface area (Å²) in [5.41, 5.74) is 2.94. The number of benzene rings is 2. The van der Waals surface area contributed by atoms with Gasteiger partial charge in [0.1, 0.15) is 11.4 Å². The third kappa shape index (κ3) is 4.40. The average Bonchev–Trinajstić information content (AvgIpc) is 3.22. The zero-order chi connectivity index (χ0) is 20.1. The Balaban J connectivity index is 1.32. The number of rotatable bonds is 7. The number of nitrogens with one attached hydrogen (secondary N) is 2. The van der Waals surface area contributed by atoms with Gasteiger partial charge in [0.05, 0.1) is 19.0 Å². The lowest BCUT2D eigenvalue weighted by molar-refractivity contribution is 0.102. The van der Waals surface area contributed by atoms with E-state index < -0.39 is 0 Å². The molecule has 1 aliphatic rings. The molecule has 0 atom stereocenters. The Labute approximate surface area is 168 Å².